The second-order valence-electron chi connectivity index (χ2n) is 5.21. The second-order valence-corrected chi connectivity index (χ2v) is 5.21. The fourth-order valence-electron chi connectivity index (χ4n) is 2.51. The Bertz CT molecular complexity index is 362. The number of halogens is 1. The Morgan fingerprint density at radius 1 is 1.00 bits per heavy atom. The van der Waals surface area contributed by atoms with Gasteiger partial charge in [0.1, 0.15) is 5.82 Å². The average molecular weight is 296 g/mol. The predicted molar refractivity (Wildman–Crippen MR) is 92.6 cm³/mol. The number of anilines is 1. The molecular weight excluding hydrogens is 263 g/mol. The molecule has 1 atom stereocenters. The third-order valence-corrected chi connectivity index (χ3v) is 3.66. The van der Waals surface area contributed by atoms with Crippen LogP contribution in [0.1, 0.15) is 41.5 Å². The van der Waals surface area contributed by atoms with Gasteiger partial charge in [-0.3, -0.25) is 4.90 Å². The molecule has 1 aromatic carbocycles. The molecule has 0 aliphatic carbocycles. The molecule has 1 saturated heterocycles. The molecule has 1 fully saturated rings. The molecule has 2 rings (SSSR count). The average Bonchev–Trinajstić information content (AvgIpc) is 2.52. The van der Waals surface area contributed by atoms with Crippen LogP contribution in [0.3, 0.4) is 0 Å². The Hall–Kier alpha value is -1.09. The maximum Gasteiger partial charge on any atom is 0.123 e. The molecule has 0 saturated carbocycles. The van der Waals surface area contributed by atoms with Gasteiger partial charge in [-0.1, -0.05) is 41.5 Å². The molecule has 0 radical (unpaired) electrons. The molecule has 1 aliphatic rings. The van der Waals surface area contributed by atoms with Crippen LogP contribution in [0.2, 0.25) is 0 Å². The van der Waals surface area contributed by atoms with Crippen LogP contribution in [-0.2, 0) is 0 Å². The maximum absolute atomic E-state index is 12.9. The van der Waals surface area contributed by atoms with Crippen LogP contribution in [-0.4, -0.2) is 37.6 Å². The van der Waals surface area contributed by atoms with Gasteiger partial charge < -0.3 is 4.90 Å². The Labute approximate surface area is 131 Å². The van der Waals surface area contributed by atoms with Crippen LogP contribution in [0, 0.1) is 11.7 Å². The summed E-state index contributed by atoms with van der Waals surface area (Å²) < 4.78 is 12.9. The molecule has 0 bridgehead atoms. The first-order valence-corrected chi connectivity index (χ1v) is 8.28. The molecule has 1 aliphatic heterocycles. The van der Waals surface area contributed by atoms with Crippen LogP contribution in [0.4, 0.5) is 10.1 Å². The van der Waals surface area contributed by atoms with Gasteiger partial charge in [0.25, 0.3) is 0 Å². The number of hydrogen-bond acceptors (Lipinski definition) is 2. The predicted octanol–water partition coefficient (Wildman–Crippen LogP) is 4.65. The van der Waals surface area contributed by atoms with Gasteiger partial charge in [0.2, 0.25) is 0 Å². The highest BCUT2D eigenvalue weighted by molar-refractivity contribution is 5.47. The number of nitrogens with zero attached hydrogens (tertiary/aromatic N) is 2. The first-order chi connectivity index (χ1) is 10.1. The van der Waals surface area contributed by atoms with Crippen molar-refractivity contribution in [1.29, 1.82) is 0 Å². The summed E-state index contributed by atoms with van der Waals surface area (Å²) in [5.41, 5.74) is 1.13. The number of piperazine rings is 1. The number of likely N-dealkylation sites (N-methyl/N-ethyl adjacent to an activating group) is 1. The van der Waals surface area contributed by atoms with Gasteiger partial charge in [0, 0.05) is 31.4 Å². The molecule has 2 nitrogen and oxygen atoms in total. The van der Waals surface area contributed by atoms with E-state index < -0.39 is 0 Å². The van der Waals surface area contributed by atoms with Crippen LogP contribution in [0.15, 0.2) is 24.3 Å². The van der Waals surface area contributed by atoms with E-state index in [2.05, 4.69) is 30.7 Å². The molecule has 1 unspecified atom stereocenters. The van der Waals surface area contributed by atoms with Crippen LogP contribution >= 0.6 is 0 Å². The van der Waals surface area contributed by atoms with E-state index in [1.165, 1.54) is 12.1 Å². The van der Waals surface area contributed by atoms with E-state index in [0.29, 0.717) is 12.0 Å². The van der Waals surface area contributed by atoms with Crippen molar-refractivity contribution in [2.45, 2.75) is 47.6 Å². The monoisotopic (exact) mass is 296 g/mol. The van der Waals surface area contributed by atoms with Crippen LogP contribution < -0.4 is 4.90 Å². The minimum atomic E-state index is -0.164. The van der Waals surface area contributed by atoms with Gasteiger partial charge >= 0.3 is 0 Å². The Kier molecular flexibility index (Phi) is 10.1. The highest BCUT2D eigenvalue weighted by atomic mass is 19.1. The first kappa shape index (κ1) is 19.9. The van der Waals surface area contributed by atoms with Crippen molar-refractivity contribution in [2.24, 2.45) is 5.92 Å². The molecule has 122 valence electrons. The standard InChI is InChI=1S/C14H21FN2.2C2H6/c1-11(2)14-10-17(9-8-16(14)3)13-6-4-12(15)5-7-13;2*1-2/h4-7,11,14H,8-10H2,1-3H3;2*1-2H3. The summed E-state index contributed by atoms with van der Waals surface area (Å²) in [7, 11) is 2.19. The van der Waals surface area contributed by atoms with E-state index in [9.17, 15) is 4.39 Å². The van der Waals surface area contributed by atoms with E-state index in [1.807, 2.05) is 39.8 Å². The molecule has 0 amide bonds. The molecule has 0 spiro atoms. The number of benzene rings is 1. The fourth-order valence-corrected chi connectivity index (χ4v) is 2.51. The fraction of sp³-hybridized carbons (Fsp3) is 0.667. The Morgan fingerprint density at radius 2 is 1.52 bits per heavy atom. The largest absolute Gasteiger partial charge is 0.369 e. The lowest BCUT2D eigenvalue weighted by Crippen LogP contribution is -2.53. The van der Waals surface area contributed by atoms with E-state index in [0.717, 1.165) is 25.3 Å². The van der Waals surface area contributed by atoms with E-state index in [4.69, 9.17) is 0 Å². The minimum Gasteiger partial charge on any atom is -0.369 e. The number of rotatable bonds is 2. The molecular formula is C18H33FN2. The van der Waals surface area contributed by atoms with Crippen molar-refractivity contribution in [3.8, 4) is 0 Å². The molecule has 1 heterocycles. The van der Waals surface area contributed by atoms with Crippen molar-refractivity contribution in [3.63, 3.8) is 0 Å². The molecule has 0 N–H and O–H groups in total. The van der Waals surface area contributed by atoms with Gasteiger partial charge in [-0.25, -0.2) is 4.39 Å². The van der Waals surface area contributed by atoms with Crippen molar-refractivity contribution in [1.82, 2.24) is 4.90 Å². The normalized spacial score (nSPS) is 18.5. The van der Waals surface area contributed by atoms with E-state index in [-0.39, 0.29) is 5.82 Å². The van der Waals surface area contributed by atoms with Crippen molar-refractivity contribution in [3.05, 3.63) is 30.1 Å². The first-order valence-electron chi connectivity index (χ1n) is 8.28. The van der Waals surface area contributed by atoms with Gasteiger partial charge in [0.05, 0.1) is 0 Å². The summed E-state index contributed by atoms with van der Waals surface area (Å²) >= 11 is 0. The van der Waals surface area contributed by atoms with E-state index >= 15 is 0 Å². The van der Waals surface area contributed by atoms with Crippen LogP contribution in [0.25, 0.3) is 0 Å². The highest BCUT2D eigenvalue weighted by Gasteiger charge is 2.26. The molecule has 0 aromatic heterocycles. The number of hydrogen-bond donors (Lipinski definition) is 0. The summed E-state index contributed by atoms with van der Waals surface area (Å²) in [6.45, 7) is 15.6. The third-order valence-electron chi connectivity index (χ3n) is 3.66. The Morgan fingerprint density at radius 3 is 2.00 bits per heavy atom. The second kappa shape index (κ2) is 10.6. The summed E-state index contributed by atoms with van der Waals surface area (Å²) in [6, 6.07) is 7.40. The van der Waals surface area contributed by atoms with E-state index in [1.54, 1.807) is 0 Å². The quantitative estimate of drug-likeness (QED) is 0.783. The zero-order valence-electron chi connectivity index (χ0n) is 14.9. The van der Waals surface area contributed by atoms with Gasteiger partial charge in [-0.05, 0) is 37.2 Å². The van der Waals surface area contributed by atoms with Crippen molar-refractivity contribution in [2.75, 3.05) is 31.6 Å². The summed E-state index contributed by atoms with van der Waals surface area (Å²) in [5.74, 6) is 0.478. The summed E-state index contributed by atoms with van der Waals surface area (Å²) in [6.07, 6.45) is 0. The van der Waals surface area contributed by atoms with Gasteiger partial charge in [-0.2, -0.15) is 0 Å². The summed E-state index contributed by atoms with van der Waals surface area (Å²) in [5, 5.41) is 0. The summed E-state index contributed by atoms with van der Waals surface area (Å²) in [4.78, 5) is 4.77. The van der Waals surface area contributed by atoms with Gasteiger partial charge in [-0.15, -0.1) is 0 Å². The van der Waals surface area contributed by atoms with Crippen molar-refractivity contribution < 1.29 is 4.39 Å². The van der Waals surface area contributed by atoms with Crippen molar-refractivity contribution >= 4 is 5.69 Å². The topological polar surface area (TPSA) is 6.48 Å². The molecule has 1 aromatic rings. The minimum absolute atomic E-state index is 0.164. The molecule has 21 heavy (non-hydrogen) atoms. The molecule has 3 heteroatoms. The van der Waals surface area contributed by atoms with Gasteiger partial charge in [0.15, 0.2) is 0 Å². The zero-order valence-corrected chi connectivity index (χ0v) is 14.9. The smallest absolute Gasteiger partial charge is 0.123 e. The van der Waals surface area contributed by atoms with Crippen LogP contribution in [0.5, 0.6) is 0 Å². The lowest BCUT2D eigenvalue weighted by atomic mass is 10.00. The zero-order chi connectivity index (χ0) is 16.4. The highest BCUT2D eigenvalue weighted by Crippen LogP contribution is 2.21. The lowest BCUT2D eigenvalue weighted by Gasteiger charge is -2.42. The lowest BCUT2D eigenvalue weighted by molar-refractivity contribution is 0.173. The third kappa shape index (κ3) is 6.04. The Balaban J connectivity index is 0.000000921. The SMILES string of the molecule is CC.CC.CC(C)C1CN(c2ccc(F)cc2)CCN1C. The maximum atomic E-state index is 12.9.